The summed E-state index contributed by atoms with van der Waals surface area (Å²) in [6, 6.07) is 10.6. The minimum atomic E-state index is 0. The largest absolute Gasteiger partial charge is 0.497 e. The Morgan fingerprint density at radius 1 is 1.32 bits per heavy atom. The predicted molar refractivity (Wildman–Crippen MR) is 82.4 cm³/mol. The van der Waals surface area contributed by atoms with Crippen LogP contribution in [-0.4, -0.2) is 18.6 Å². The highest BCUT2D eigenvalue weighted by molar-refractivity contribution is 7.10. The lowest BCUT2D eigenvalue weighted by Gasteiger charge is -2.26. The molecule has 0 N–H and O–H groups in total. The van der Waals surface area contributed by atoms with E-state index in [4.69, 9.17) is 4.74 Å². The molecule has 0 aliphatic carbocycles. The Hall–Kier alpha value is -1.03. The van der Waals surface area contributed by atoms with Gasteiger partial charge in [-0.1, -0.05) is 12.1 Å². The number of fused-ring (bicyclic) bond motifs is 1. The zero-order valence-corrected chi connectivity index (χ0v) is 12.6. The van der Waals surface area contributed by atoms with Gasteiger partial charge >= 0.3 is 0 Å². The zero-order valence-electron chi connectivity index (χ0n) is 11.0. The summed E-state index contributed by atoms with van der Waals surface area (Å²) in [5.74, 6) is 0.945. The van der Waals surface area contributed by atoms with E-state index in [1.165, 1.54) is 17.5 Å². The second kappa shape index (κ2) is 6.42. The van der Waals surface area contributed by atoms with Crippen LogP contribution in [0.15, 0.2) is 35.7 Å². The van der Waals surface area contributed by atoms with E-state index < -0.39 is 0 Å². The highest BCUT2D eigenvalue weighted by atomic mass is 35.5. The van der Waals surface area contributed by atoms with Gasteiger partial charge in [-0.05, 0) is 41.1 Å². The molecule has 3 rings (SSSR count). The van der Waals surface area contributed by atoms with Crippen LogP contribution < -0.4 is 4.74 Å². The average Bonchev–Trinajstić information content (AvgIpc) is 2.86. The first-order valence-corrected chi connectivity index (χ1v) is 7.13. The summed E-state index contributed by atoms with van der Waals surface area (Å²) >= 11 is 1.89. The molecule has 0 radical (unpaired) electrons. The molecule has 0 unspecified atom stereocenters. The van der Waals surface area contributed by atoms with Gasteiger partial charge in [-0.25, -0.2) is 0 Å². The summed E-state index contributed by atoms with van der Waals surface area (Å²) in [7, 11) is 1.72. The van der Waals surface area contributed by atoms with Crippen LogP contribution in [0.5, 0.6) is 5.75 Å². The van der Waals surface area contributed by atoms with Gasteiger partial charge in [-0.3, -0.25) is 4.90 Å². The molecule has 1 aromatic heterocycles. The Morgan fingerprint density at radius 2 is 2.21 bits per heavy atom. The Morgan fingerprint density at radius 3 is 3.05 bits per heavy atom. The summed E-state index contributed by atoms with van der Waals surface area (Å²) in [6.45, 7) is 3.24. The molecule has 0 amide bonds. The van der Waals surface area contributed by atoms with Crippen LogP contribution in [0.4, 0.5) is 0 Å². The number of rotatable bonds is 3. The highest BCUT2D eigenvalue weighted by Crippen LogP contribution is 2.25. The molecule has 0 saturated heterocycles. The maximum absolute atomic E-state index is 5.27. The monoisotopic (exact) mass is 295 g/mol. The standard InChI is InChI=1S/C15H17NOS.ClH/c1-17-14-4-2-3-12(9-14)10-16-7-5-15-13(11-16)6-8-18-15;/h2-4,6,8-9H,5,7,10-11H2,1H3;1H. The van der Waals surface area contributed by atoms with Gasteiger partial charge in [0.05, 0.1) is 7.11 Å². The van der Waals surface area contributed by atoms with E-state index in [0.29, 0.717) is 0 Å². The molecule has 4 heteroatoms. The van der Waals surface area contributed by atoms with Crippen molar-refractivity contribution in [3.05, 3.63) is 51.7 Å². The van der Waals surface area contributed by atoms with Gasteiger partial charge < -0.3 is 4.74 Å². The Kier molecular flexibility index (Phi) is 4.86. The van der Waals surface area contributed by atoms with Crippen LogP contribution in [-0.2, 0) is 19.5 Å². The molecule has 1 aromatic carbocycles. The van der Waals surface area contributed by atoms with Gasteiger partial charge in [0.1, 0.15) is 5.75 Å². The number of hydrogen-bond acceptors (Lipinski definition) is 3. The number of methoxy groups -OCH3 is 1. The lowest BCUT2D eigenvalue weighted by atomic mass is 10.1. The van der Waals surface area contributed by atoms with Crippen molar-refractivity contribution in [2.75, 3.05) is 13.7 Å². The molecule has 0 bridgehead atoms. The topological polar surface area (TPSA) is 12.5 Å². The normalized spacial score (nSPS) is 14.6. The lowest BCUT2D eigenvalue weighted by molar-refractivity contribution is 0.247. The van der Waals surface area contributed by atoms with Crippen molar-refractivity contribution in [3.63, 3.8) is 0 Å². The lowest BCUT2D eigenvalue weighted by Crippen LogP contribution is -2.29. The number of thiophene rings is 1. The second-order valence-corrected chi connectivity index (χ2v) is 5.68. The molecule has 1 aliphatic heterocycles. The van der Waals surface area contributed by atoms with E-state index in [1.807, 2.05) is 17.4 Å². The van der Waals surface area contributed by atoms with Crippen LogP contribution in [0.3, 0.4) is 0 Å². The van der Waals surface area contributed by atoms with Crippen molar-refractivity contribution in [2.45, 2.75) is 19.5 Å². The molecular formula is C15H18ClNOS. The van der Waals surface area contributed by atoms with E-state index in [-0.39, 0.29) is 12.4 Å². The third kappa shape index (κ3) is 3.30. The molecule has 1 aliphatic rings. The summed E-state index contributed by atoms with van der Waals surface area (Å²) in [4.78, 5) is 4.07. The third-order valence-corrected chi connectivity index (χ3v) is 4.45. The molecule has 0 saturated carbocycles. The molecule has 2 heterocycles. The first-order chi connectivity index (χ1) is 8.85. The highest BCUT2D eigenvalue weighted by Gasteiger charge is 2.17. The minimum Gasteiger partial charge on any atom is -0.497 e. The van der Waals surface area contributed by atoms with E-state index in [9.17, 15) is 0 Å². The predicted octanol–water partition coefficient (Wildman–Crippen LogP) is 3.74. The molecule has 0 spiro atoms. The van der Waals surface area contributed by atoms with Gasteiger partial charge in [0.15, 0.2) is 0 Å². The van der Waals surface area contributed by atoms with E-state index in [1.54, 1.807) is 12.0 Å². The first-order valence-electron chi connectivity index (χ1n) is 6.25. The summed E-state index contributed by atoms with van der Waals surface area (Å²) < 4.78 is 5.27. The minimum absolute atomic E-state index is 0. The van der Waals surface area contributed by atoms with Crippen LogP contribution in [0, 0.1) is 0 Å². The van der Waals surface area contributed by atoms with Crippen LogP contribution in [0.25, 0.3) is 0 Å². The summed E-state index contributed by atoms with van der Waals surface area (Å²) in [5.41, 5.74) is 2.84. The fraction of sp³-hybridized carbons (Fsp3) is 0.333. The summed E-state index contributed by atoms with van der Waals surface area (Å²) in [5, 5.41) is 2.21. The summed E-state index contributed by atoms with van der Waals surface area (Å²) in [6.07, 6.45) is 1.19. The third-order valence-electron chi connectivity index (χ3n) is 3.43. The first kappa shape index (κ1) is 14.4. The fourth-order valence-corrected chi connectivity index (χ4v) is 3.36. The maximum atomic E-state index is 5.27. The van der Waals surface area contributed by atoms with E-state index in [0.717, 1.165) is 25.4 Å². The molecular weight excluding hydrogens is 278 g/mol. The number of ether oxygens (including phenoxy) is 1. The Balaban J connectivity index is 0.00000133. The zero-order chi connectivity index (χ0) is 12.4. The van der Waals surface area contributed by atoms with Crippen molar-refractivity contribution in [3.8, 4) is 5.75 Å². The smallest absolute Gasteiger partial charge is 0.119 e. The quantitative estimate of drug-likeness (QED) is 0.855. The van der Waals surface area contributed by atoms with Crippen LogP contribution >= 0.6 is 23.7 Å². The SMILES string of the molecule is COc1cccc(CN2CCc3sccc3C2)c1.Cl. The van der Waals surface area contributed by atoms with Gasteiger partial charge in [-0.2, -0.15) is 0 Å². The molecule has 2 aromatic rings. The van der Waals surface area contributed by atoms with E-state index in [2.05, 4.69) is 34.5 Å². The number of halogens is 1. The van der Waals surface area contributed by atoms with Gasteiger partial charge in [-0.15, -0.1) is 23.7 Å². The number of nitrogens with zero attached hydrogens (tertiary/aromatic N) is 1. The van der Waals surface area contributed by atoms with Crippen LogP contribution in [0.1, 0.15) is 16.0 Å². The second-order valence-electron chi connectivity index (χ2n) is 4.68. The van der Waals surface area contributed by atoms with Crippen molar-refractivity contribution in [2.24, 2.45) is 0 Å². The Labute approximate surface area is 124 Å². The molecule has 0 fully saturated rings. The van der Waals surface area contributed by atoms with Crippen LogP contribution in [0.2, 0.25) is 0 Å². The molecule has 0 atom stereocenters. The van der Waals surface area contributed by atoms with E-state index >= 15 is 0 Å². The van der Waals surface area contributed by atoms with Crippen molar-refractivity contribution < 1.29 is 4.74 Å². The fourth-order valence-electron chi connectivity index (χ4n) is 2.47. The number of hydrogen-bond donors (Lipinski definition) is 0. The average molecular weight is 296 g/mol. The molecule has 19 heavy (non-hydrogen) atoms. The number of benzene rings is 1. The van der Waals surface area contributed by atoms with Gasteiger partial charge in [0.25, 0.3) is 0 Å². The van der Waals surface area contributed by atoms with Gasteiger partial charge in [0, 0.05) is 24.5 Å². The van der Waals surface area contributed by atoms with Gasteiger partial charge in [0.2, 0.25) is 0 Å². The maximum Gasteiger partial charge on any atom is 0.119 e. The molecule has 102 valence electrons. The Bertz CT molecular complexity index is 540. The van der Waals surface area contributed by atoms with Crippen molar-refractivity contribution in [1.29, 1.82) is 0 Å². The van der Waals surface area contributed by atoms with Crippen molar-refractivity contribution >= 4 is 23.7 Å². The van der Waals surface area contributed by atoms with Crippen molar-refractivity contribution in [1.82, 2.24) is 4.90 Å². The molecule has 2 nitrogen and oxygen atoms in total.